The van der Waals surface area contributed by atoms with E-state index in [4.69, 9.17) is 4.74 Å². The first-order chi connectivity index (χ1) is 14.0. The van der Waals surface area contributed by atoms with Crippen molar-refractivity contribution in [3.63, 3.8) is 0 Å². The van der Waals surface area contributed by atoms with Crippen LogP contribution in [-0.4, -0.2) is 36.2 Å². The molecule has 4 rings (SSSR count). The second kappa shape index (κ2) is 6.90. The first-order valence-electron chi connectivity index (χ1n) is 9.00. The summed E-state index contributed by atoms with van der Waals surface area (Å²) >= 11 is 0. The van der Waals surface area contributed by atoms with Crippen molar-refractivity contribution in [1.82, 2.24) is 19.1 Å². The van der Waals surface area contributed by atoms with Crippen LogP contribution < -0.4 is 20.7 Å². The van der Waals surface area contributed by atoms with Crippen LogP contribution in [0, 0.1) is 0 Å². The summed E-state index contributed by atoms with van der Waals surface area (Å²) in [5.74, 6) is -0.499. The van der Waals surface area contributed by atoms with Crippen molar-refractivity contribution < 1.29 is 27.8 Å². The van der Waals surface area contributed by atoms with Crippen molar-refractivity contribution in [2.24, 2.45) is 7.05 Å². The van der Waals surface area contributed by atoms with Gasteiger partial charge < -0.3 is 19.6 Å². The van der Waals surface area contributed by atoms with Crippen molar-refractivity contribution in [2.75, 3.05) is 0 Å². The van der Waals surface area contributed by atoms with Crippen LogP contribution in [0.1, 0.15) is 19.3 Å². The number of rotatable bonds is 6. The number of aliphatic hydroxyl groups is 1. The van der Waals surface area contributed by atoms with E-state index in [1.54, 1.807) is 0 Å². The maximum absolute atomic E-state index is 12.7. The van der Waals surface area contributed by atoms with Crippen LogP contribution in [0.5, 0.6) is 17.5 Å². The Labute approximate surface area is 166 Å². The van der Waals surface area contributed by atoms with Gasteiger partial charge in [-0.25, -0.2) is 4.79 Å². The third-order valence-corrected chi connectivity index (χ3v) is 4.84. The van der Waals surface area contributed by atoms with E-state index < -0.39 is 29.0 Å². The molecule has 3 aromatic rings. The first-order valence-corrected chi connectivity index (χ1v) is 9.00. The summed E-state index contributed by atoms with van der Waals surface area (Å²) in [5, 5.41) is 9.97. The van der Waals surface area contributed by atoms with Gasteiger partial charge in [-0.1, -0.05) is 6.07 Å². The molecule has 0 atom stereocenters. The average Bonchev–Trinajstić information content (AvgIpc) is 3.23. The number of fused-ring (bicyclic) bond motifs is 1. The Kier molecular flexibility index (Phi) is 4.60. The molecule has 0 saturated heterocycles. The summed E-state index contributed by atoms with van der Waals surface area (Å²) in [4.78, 5) is 31.9. The molecule has 0 radical (unpaired) electrons. The molecular formula is C18H17F3N4O5. The third-order valence-electron chi connectivity index (χ3n) is 4.84. The highest BCUT2D eigenvalue weighted by molar-refractivity contribution is 5.70. The van der Waals surface area contributed by atoms with Gasteiger partial charge >= 0.3 is 18.1 Å². The van der Waals surface area contributed by atoms with Crippen LogP contribution in [-0.2, 0) is 13.6 Å². The van der Waals surface area contributed by atoms with Gasteiger partial charge in [-0.05, 0) is 31.4 Å². The maximum Gasteiger partial charge on any atom is 0.573 e. The zero-order valence-corrected chi connectivity index (χ0v) is 15.7. The van der Waals surface area contributed by atoms with E-state index in [1.165, 1.54) is 19.2 Å². The van der Waals surface area contributed by atoms with Gasteiger partial charge in [0.05, 0.1) is 5.60 Å². The predicted octanol–water partition coefficient (Wildman–Crippen LogP) is 2.03. The van der Waals surface area contributed by atoms with Crippen molar-refractivity contribution in [3.8, 4) is 17.5 Å². The lowest BCUT2D eigenvalue weighted by Gasteiger charge is -2.10. The largest absolute Gasteiger partial charge is 0.573 e. The van der Waals surface area contributed by atoms with Crippen LogP contribution in [0.15, 0.2) is 33.9 Å². The fourth-order valence-electron chi connectivity index (χ4n) is 3.03. The van der Waals surface area contributed by atoms with E-state index in [9.17, 15) is 27.9 Å². The van der Waals surface area contributed by atoms with Crippen molar-refractivity contribution >= 4 is 11.2 Å². The molecule has 160 valence electrons. The molecule has 12 heteroatoms. The van der Waals surface area contributed by atoms with Crippen molar-refractivity contribution in [3.05, 3.63) is 45.1 Å². The van der Waals surface area contributed by atoms with Gasteiger partial charge in [0, 0.05) is 19.7 Å². The lowest BCUT2D eigenvalue weighted by molar-refractivity contribution is -0.274. The average molecular weight is 426 g/mol. The number of aryl methyl sites for hydroxylation is 1. The van der Waals surface area contributed by atoms with Crippen LogP contribution in [0.2, 0.25) is 0 Å². The zero-order valence-electron chi connectivity index (χ0n) is 15.7. The van der Waals surface area contributed by atoms with Gasteiger partial charge in [0.1, 0.15) is 11.5 Å². The number of benzene rings is 1. The molecule has 0 amide bonds. The molecule has 0 aliphatic heterocycles. The predicted molar refractivity (Wildman–Crippen MR) is 97.6 cm³/mol. The van der Waals surface area contributed by atoms with E-state index in [-0.39, 0.29) is 35.9 Å². The molecular weight excluding hydrogens is 409 g/mol. The summed E-state index contributed by atoms with van der Waals surface area (Å²) in [6, 6.07) is 4.61. The van der Waals surface area contributed by atoms with Crippen molar-refractivity contribution in [2.45, 2.75) is 37.8 Å². The topological polar surface area (TPSA) is 111 Å². The molecule has 1 fully saturated rings. The molecule has 2 aromatic heterocycles. The van der Waals surface area contributed by atoms with Gasteiger partial charge in [-0.3, -0.25) is 13.9 Å². The Morgan fingerprint density at radius 3 is 2.63 bits per heavy atom. The highest BCUT2D eigenvalue weighted by Crippen LogP contribution is 2.38. The number of ether oxygens (including phenoxy) is 2. The first kappa shape index (κ1) is 20.0. The molecule has 2 heterocycles. The quantitative estimate of drug-likeness (QED) is 0.624. The molecule has 1 saturated carbocycles. The standard InChI is InChI=1S/C18H17F3N4O5/c1-24-13-12(14(26)25(16(24)27)8-7-17(28)5-6-17)22-15(23-13)29-10-3-2-4-11(9-10)30-18(19,20)21/h2-4,9,28H,5-8H2,1H3,(H,22,23). The number of imidazole rings is 1. The number of hydrogen-bond donors (Lipinski definition) is 2. The van der Waals surface area contributed by atoms with Crippen LogP contribution in [0.4, 0.5) is 13.2 Å². The number of aromatic amines is 1. The molecule has 30 heavy (non-hydrogen) atoms. The minimum Gasteiger partial charge on any atom is -0.425 e. The summed E-state index contributed by atoms with van der Waals surface area (Å²) in [5.41, 5.74) is -2.03. The summed E-state index contributed by atoms with van der Waals surface area (Å²) in [7, 11) is 1.43. The summed E-state index contributed by atoms with van der Waals surface area (Å²) < 4.78 is 48.5. The number of aromatic nitrogens is 4. The fourth-order valence-corrected chi connectivity index (χ4v) is 3.03. The van der Waals surface area contributed by atoms with E-state index in [0.29, 0.717) is 12.8 Å². The van der Waals surface area contributed by atoms with E-state index in [2.05, 4.69) is 14.7 Å². The Balaban J connectivity index is 1.64. The number of nitrogens with zero attached hydrogens (tertiary/aromatic N) is 3. The Morgan fingerprint density at radius 1 is 1.27 bits per heavy atom. The fraction of sp³-hybridized carbons (Fsp3) is 0.389. The molecule has 2 N–H and O–H groups in total. The molecule has 0 unspecified atom stereocenters. The van der Waals surface area contributed by atoms with Gasteiger partial charge in [0.15, 0.2) is 11.2 Å². The Morgan fingerprint density at radius 2 is 1.97 bits per heavy atom. The number of nitrogens with one attached hydrogen (secondary N) is 1. The second-order valence-electron chi connectivity index (χ2n) is 7.14. The van der Waals surface area contributed by atoms with Gasteiger partial charge in [0.2, 0.25) is 0 Å². The highest BCUT2D eigenvalue weighted by atomic mass is 19.4. The molecule has 0 spiro atoms. The lowest BCUT2D eigenvalue weighted by Crippen LogP contribution is -2.40. The number of halogens is 3. The van der Waals surface area contributed by atoms with E-state index in [1.807, 2.05) is 0 Å². The van der Waals surface area contributed by atoms with Crippen LogP contribution >= 0.6 is 0 Å². The van der Waals surface area contributed by atoms with Crippen LogP contribution in [0.3, 0.4) is 0 Å². The SMILES string of the molecule is Cn1c(=O)n(CCC2(O)CC2)c(=O)c2[nH]c(Oc3cccc(OC(F)(F)F)c3)nc21. The molecule has 1 aromatic carbocycles. The number of hydrogen-bond acceptors (Lipinski definition) is 6. The lowest BCUT2D eigenvalue weighted by atomic mass is 10.2. The number of H-pyrrole nitrogens is 1. The second-order valence-corrected chi connectivity index (χ2v) is 7.14. The minimum atomic E-state index is -4.85. The van der Waals surface area contributed by atoms with Crippen LogP contribution in [0.25, 0.3) is 11.2 Å². The monoisotopic (exact) mass is 426 g/mol. The summed E-state index contributed by atoms with van der Waals surface area (Å²) in [6.07, 6.45) is -3.32. The summed E-state index contributed by atoms with van der Waals surface area (Å²) in [6.45, 7) is 0.0456. The van der Waals surface area contributed by atoms with Crippen molar-refractivity contribution in [1.29, 1.82) is 0 Å². The Hall–Kier alpha value is -3.28. The highest BCUT2D eigenvalue weighted by Gasteiger charge is 2.40. The smallest absolute Gasteiger partial charge is 0.425 e. The third kappa shape index (κ3) is 4.03. The van der Waals surface area contributed by atoms with Gasteiger partial charge in [0.25, 0.3) is 5.56 Å². The molecule has 1 aliphatic carbocycles. The zero-order chi connectivity index (χ0) is 21.7. The molecule has 1 aliphatic rings. The van der Waals surface area contributed by atoms with E-state index in [0.717, 1.165) is 21.3 Å². The molecule has 0 bridgehead atoms. The minimum absolute atomic E-state index is 0.00224. The number of alkyl halides is 3. The van der Waals surface area contributed by atoms with E-state index >= 15 is 0 Å². The Bertz CT molecular complexity index is 1220. The normalized spacial score (nSPS) is 15.4. The molecule has 9 nitrogen and oxygen atoms in total. The maximum atomic E-state index is 12.7. The van der Waals surface area contributed by atoms with Gasteiger partial charge in [-0.2, -0.15) is 4.98 Å². The van der Waals surface area contributed by atoms with Gasteiger partial charge in [-0.15, -0.1) is 13.2 Å².